The molecule has 0 aliphatic carbocycles. The molecule has 0 saturated carbocycles. The minimum Gasteiger partial charge on any atom is -0.484 e. The molecule has 0 unspecified atom stereocenters. The van der Waals surface area contributed by atoms with E-state index in [9.17, 15) is 9.59 Å². The number of fused-ring (bicyclic) bond motifs is 1. The maximum Gasteiger partial charge on any atom is 0.262 e. The number of anilines is 1. The molecule has 0 radical (unpaired) electrons. The second-order valence-corrected chi connectivity index (χ2v) is 7.68. The number of nitrogens with one attached hydrogen (secondary N) is 1. The van der Waals surface area contributed by atoms with Crippen molar-refractivity contribution in [3.63, 3.8) is 0 Å². The van der Waals surface area contributed by atoms with Gasteiger partial charge in [-0.2, -0.15) is 0 Å². The van der Waals surface area contributed by atoms with E-state index in [-0.39, 0.29) is 23.7 Å². The number of benzene rings is 3. The van der Waals surface area contributed by atoms with E-state index in [1.165, 1.54) is 12.3 Å². The molecule has 0 aliphatic rings. The maximum absolute atomic E-state index is 12.7. The van der Waals surface area contributed by atoms with Crippen LogP contribution in [0.4, 0.5) is 5.69 Å². The molecule has 1 amide bonds. The lowest BCUT2D eigenvalue weighted by molar-refractivity contribution is -0.118. The lowest BCUT2D eigenvalue weighted by Gasteiger charge is -2.11. The molecule has 3 aromatic carbocycles. The SMILES string of the molecule is Cc1c(Cl)cccc1NC(=O)COc1ccc2c(=O)c(Oc3ccccc3Cl)coc2c1. The summed E-state index contributed by atoms with van der Waals surface area (Å²) in [7, 11) is 0. The van der Waals surface area contributed by atoms with Crippen molar-refractivity contribution in [3.05, 3.63) is 92.8 Å². The summed E-state index contributed by atoms with van der Waals surface area (Å²) in [5, 5.41) is 4.00. The number of para-hydroxylation sites is 1. The van der Waals surface area contributed by atoms with Gasteiger partial charge in [0, 0.05) is 16.8 Å². The van der Waals surface area contributed by atoms with Crippen molar-refractivity contribution in [1.29, 1.82) is 0 Å². The van der Waals surface area contributed by atoms with Crippen LogP contribution in [0.5, 0.6) is 17.2 Å². The highest BCUT2D eigenvalue weighted by molar-refractivity contribution is 6.32. The van der Waals surface area contributed by atoms with Crippen LogP contribution in [0.2, 0.25) is 10.0 Å². The van der Waals surface area contributed by atoms with Gasteiger partial charge in [-0.1, -0.05) is 41.4 Å². The minimum atomic E-state index is -0.355. The van der Waals surface area contributed by atoms with E-state index >= 15 is 0 Å². The van der Waals surface area contributed by atoms with Crippen LogP contribution < -0.4 is 20.2 Å². The molecule has 4 rings (SSSR count). The van der Waals surface area contributed by atoms with Crippen LogP contribution in [0.25, 0.3) is 11.0 Å². The molecule has 0 fully saturated rings. The Hall–Kier alpha value is -3.48. The van der Waals surface area contributed by atoms with Gasteiger partial charge in [-0.25, -0.2) is 0 Å². The summed E-state index contributed by atoms with van der Waals surface area (Å²) in [6, 6.07) is 16.7. The topological polar surface area (TPSA) is 77.8 Å². The van der Waals surface area contributed by atoms with Gasteiger partial charge < -0.3 is 19.2 Å². The van der Waals surface area contributed by atoms with Crippen LogP contribution in [-0.2, 0) is 4.79 Å². The fraction of sp³-hybridized carbons (Fsp3) is 0.0833. The zero-order chi connectivity index (χ0) is 22.7. The van der Waals surface area contributed by atoms with Crippen molar-refractivity contribution in [2.45, 2.75) is 6.92 Å². The highest BCUT2D eigenvalue weighted by atomic mass is 35.5. The average molecular weight is 470 g/mol. The van der Waals surface area contributed by atoms with Gasteiger partial charge in [-0.3, -0.25) is 9.59 Å². The molecule has 0 atom stereocenters. The number of halogens is 2. The zero-order valence-electron chi connectivity index (χ0n) is 16.9. The molecule has 0 aliphatic heterocycles. The van der Waals surface area contributed by atoms with Crippen LogP contribution in [0.1, 0.15) is 5.56 Å². The Labute approximate surface area is 193 Å². The highest BCUT2D eigenvalue weighted by Gasteiger charge is 2.13. The second kappa shape index (κ2) is 9.34. The van der Waals surface area contributed by atoms with Crippen molar-refractivity contribution in [1.82, 2.24) is 0 Å². The summed E-state index contributed by atoms with van der Waals surface area (Å²) in [5.41, 5.74) is 1.32. The Morgan fingerprint density at radius 1 is 1.00 bits per heavy atom. The zero-order valence-corrected chi connectivity index (χ0v) is 18.4. The van der Waals surface area contributed by atoms with Crippen LogP contribution >= 0.6 is 23.2 Å². The van der Waals surface area contributed by atoms with E-state index in [0.717, 1.165) is 5.56 Å². The van der Waals surface area contributed by atoms with E-state index in [4.69, 9.17) is 37.1 Å². The summed E-state index contributed by atoms with van der Waals surface area (Å²) in [4.78, 5) is 25.0. The Bertz CT molecular complexity index is 1370. The maximum atomic E-state index is 12.7. The number of carbonyl (C=O) groups is 1. The van der Waals surface area contributed by atoms with Crippen molar-refractivity contribution in [3.8, 4) is 17.2 Å². The number of rotatable bonds is 6. The molecule has 1 heterocycles. The summed E-state index contributed by atoms with van der Waals surface area (Å²) in [6.07, 6.45) is 1.21. The van der Waals surface area contributed by atoms with Crippen molar-refractivity contribution in [2.75, 3.05) is 11.9 Å². The molecule has 4 aromatic rings. The van der Waals surface area contributed by atoms with Gasteiger partial charge >= 0.3 is 0 Å². The molecular weight excluding hydrogens is 453 g/mol. The highest BCUT2D eigenvalue weighted by Crippen LogP contribution is 2.29. The van der Waals surface area contributed by atoms with Gasteiger partial charge in [0.2, 0.25) is 11.2 Å². The predicted molar refractivity (Wildman–Crippen MR) is 124 cm³/mol. The smallest absolute Gasteiger partial charge is 0.262 e. The Morgan fingerprint density at radius 3 is 2.59 bits per heavy atom. The Balaban J connectivity index is 1.47. The van der Waals surface area contributed by atoms with E-state index in [1.807, 2.05) is 6.92 Å². The lowest BCUT2D eigenvalue weighted by Crippen LogP contribution is -2.20. The first kappa shape index (κ1) is 21.7. The summed E-state index contributed by atoms with van der Waals surface area (Å²) in [5.74, 6) is 0.385. The number of ether oxygens (including phenoxy) is 2. The third-order valence-corrected chi connectivity index (χ3v) is 5.40. The van der Waals surface area contributed by atoms with Crippen LogP contribution in [0, 0.1) is 6.92 Å². The Morgan fingerprint density at radius 2 is 1.78 bits per heavy atom. The fourth-order valence-corrected chi connectivity index (χ4v) is 3.32. The molecule has 6 nitrogen and oxygen atoms in total. The first-order valence-corrected chi connectivity index (χ1v) is 10.3. The molecule has 0 bridgehead atoms. The van der Waals surface area contributed by atoms with Gasteiger partial charge in [-0.15, -0.1) is 0 Å². The monoisotopic (exact) mass is 469 g/mol. The number of hydrogen-bond acceptors (Lipinski definition) is 5. The molecular formula is C24H17Cl2NO5. The summed E-state index contributed by atoms with van der Waals surface area (Å²) in [6.45, 7) is 1.59. The Kier molecular flexibility index (Phi) is 6.35. The van der Waals surface area contributed by atoms with E-state index in [1.54, 1.807) is 54.6 Å². The van der Waals surface area contributed by atoms with Crippen LogP contribution in [-0.4, -0.2) is 12.5 Å². The van der Waals surface area contributed by atoms with Gasteiger partial charge in [-0.05, 0) is 48.9 Å². The first-order valence-electron chi connectivity index (χ1n) is 9.58. The van der Waals surface area contributed by atoms with Gasteiger partial charge in [0.1, 0.15) is 23.3 Å². The van der Waals surface area contributed by atoms with E-state index in [2.05, 4.69) is 5.32 Å². The van der Waals surface area contributed by atoms with Gasteiger partial charge in [0.25, 0.3) is 5.91 Å². The number of hydrogen-bond donors (Lipinski definition) is 1. The molecule has 0 saturated heterocycles. The lowest BCUT2D eigenvalue weighted by atomic mass is 10.2. The first-order chi connectivity index (χ1) is 15.4. The van der Waals surface area contributed by atoms with E-state index in [0.29, 0.717) is 38.2 Å². The van der Waals surface area contributed by atoms with Crippen LogP contribution in [0.3, 0.4) is 0 Å². The van der Waals surface area contributed by atoms with Crippen LogP contribution in [0.15, 0.2) is 76.1 Å². The molecule has 1 N–H and O–H groups in total. The summed E-state index contributed by atoms with van der Waals surface area (Å²) >= 11 is 12.1. The van der Waals surface area contributed by atoms with E-state index < -0.39 is 0 Å². The molecule has 32 heavy (non-hydrogen) atoms. The fourth-order valence-electron chi connectivity index (χ4n) is 2.98. The minimum absolute atomic E-state index is 0.00976. The summed E-state index contributed by atoms with van der Waals surface area (Å²) < 4.78 is 16.7. The average Bonchev–Trinajstić information content (AvgIpc) is 2.79. The van der Waals surface area contributed by atoms with Crippen molar-refractivity contribution >= 4 is 45.8 Å². The quantitative estimate of drug-likeness (QED) is 0.362. The third-order valence-electron chi connectivity index (χ3n) is 4.68. The molecule has 162 valence electrons. The normalized spacial score (nSPS) is 10.7. The second-order valence-electron chi connectivity index (χ2n) is 6.87. The van der Waals surface area contributed by atoms with Crippen molar-refractivity contribution < 1.29 is 18.7 Å². The molecule has 8 heteroatoms. The third kappa shape index (κ3) is 4.72. The number of carbonyl (C=O) groups excluding carboxylic acids is 1. The molecule has 1 aromatic heterocycles. The number of amides is 1. The van der Waals surface area contributed by atoms with Gasteiger partial charge in [0.15, 0.2) is 6.61 Å². The largest absolute Gasteiger partial charge is 0.484 e. The molecule has 0 spiro atoms. The van der Waals surface area contributed by atoms with Gasteiger partial charge in [0.05, 0.1) is 10.4 Å². The predicted octanol–water partition coefficient (Wildman–Crippen LogP) is 6.22. The standard InChI is InChI=1S/C24H17Cl2NO5/c1-14-17(25)6-4-7-19(14)27-23(28)13-30-15-9-10-16-21(11-15)31-12-22(24(16)29)32-20-8-3-2-5-18(20)26/h2-12H,13H2,1H3,(H,27,28). The van der Waals surface area contributed by atoms with Crippen molar-refractivity contribution in [2.24, 2.45) is 0 Å².